The van der Waals surface area contributed by atoms with Crippen LogP contribution in [0.3, 0.4) is 0 Å². The predicted molar refractivity (Wildman–Crippen MR) is 48.7 cm³/mol. The summed E-state index contributed by atoms with van der Waals surface area (Å²) in [6.45, 7) is 1.32. The number of aromatic nitrogens is 2. The molecule has 0 spiro atoms. The number of nitrogens with one attached hydrogen (secondary N) is 1. The van der Waals surface area contributed by atoms with Crippen LogP contribution in [0.4, 0.5) is 0 Å². The predicted octanol–water partition coefficient (Wildman–Crippen LogP) is -0.615. The molecule has 72 valence electrons. The highest BCUT2D eigenvalue weighted by atomic mass is 16.1. The van der Waals surface area contributed by atoms with Crippen molar-refractivity contribution in [3.63, 3.8) is 0 Å². The number of imidazole rings is 1. The zero-order valence-corrected chi connectivity index (χ0v) is 7.66. The van der Waals surface area contributed by atoms with Crippen LogP contribution in [0.15, 0.2) is 12.5 Å². The highest BCUT2D eigenvalue weighted by molar-refractivity contribution is 5.73. The molecule has 5 nitrogen and oxygen atoms in total. The Morgan fingerprint density at radius 1 is 1.77 bits per heavy atom. The standard InChI is InChI=1S/C8H14N4O/c1-12-6-11-5-7(12)4-10-3-2-8(9)13/h5-6,10H,2-4H2,1H3,(H2,9,13). The summed E-state index contributed by atoms with van der Waals surface area (Å²) >= 11 is 0. The van der Waals surface area contributed by atoms with Crippen LogP contribution in [-0.4, -0.2) is 22.0 Å². The van der Waals surface area contributed by atoms with Gasteiger partial charge in [-0.25, -0.2) is 4.98 Å². The summed E-state index contributed by atoms with van der Waals surface area (Å²) in [5.41, 5.74) is 6.07. The average molecular weight is 182 g/mol. The largest absolute Gasteiger partial charge is 0.370 e. The Labute approximate surface area is 76.9 Å². The smallest absolute Gasteiger partial charge is 0.218 e. The summed E-state index contributed by atoms with van der Waals surface area (Å²) in [7, 11) is 1.93. The Hall–Kier alpha value is -1.36. The zero-order valence-electron chi connectivity index (χ0n) is 7.66. The maximum Gasteiger partial charge on any atom is 0.218 e. The van der Waals surface area contributed by atoms with E-state index in [4.69, 9.17) is 5.73 Å². The molecule has 1 heterocycles. The molecule has 0 bridgehead atoms. The third-order valence-corrected chi connectivity index (χ3v) is 1.77. The first-order chi connectivity index (χ1) is 6.20. The number of amides is 1. The first-order valence-electron chi connectivity index (χ1n) is 4.14. The van der Waals surface area contributed by atoms with Gasteiger partial charge in [0.25, 0.3) is 0 Å². The van der Waals surface area contributed by atoms with Crippen LogP contribution in [0.2, 0.25) is 0 Å². The van der Waals surface area contributed by atoms with Crippen molar-refractivity contribution in [1.82, 2.24) is 14.9 Å². The van der Waals surface area contributed by atoms with Crippen molar-refractivity contribution in [3.8, 4) is 0 Å². The van der Waals surface area contributed by atoms with Crippen molar-refractivity contribution < 1.29 is 4.79 Å². The van der Waals surface area contributed by atoms with Crippen LogP contribution >= 0.6 is 0 Å². The third kappa shape index (κ3) is 3.25. The van der Waals surface area contributed by atoms with Gasteiger partial charge in [0.1, 0.15) is 0 Å². The van der Waals surface area contributed by atoms with Crippen molar-refractivity contribution in [2.45, 2.75) is 13.0 Å². The number of nitrogens with two attached hydrogens (primary N) is 1. The maximum atomic E-state index is 10.4. The lowest BCUT2D eigenvalue weighted by Crippen LogP contribution is -2.22. The van der Waals surface area contributed by atoms with E-state index < -0.39 is 0 Å². The minimum Gasteiger partial charge on any atom is -0.370 e. The van der Waals surface area contributed by atoms with Gasteiger partial charge in [-0.15, -0.1) is 0 Å². The lowest BCUT2D eigenvalue weighted by molar-refractivity contribution is -0.117. The first-order valence-corrected chi connectivity index (χ1v) is 4.14. The molecular weight excluding hydrogens is 168 g/mol. The van der Waals surface area contributed by atoms with Crippen LogP contribution in [0.1, 0.15) is 12.1 Å². The molecule has 13 heavy (non-hydrogen) atoms. The normalized spacial score (nSPS) is 10.2. The number of carbonyl (C=O) groups is 1. The van der Waals surface area contributed by atoms with Crippen molar-refractivity contribution in [2.24, 2.45) is 12.8 Å². The lowest BCUT2D eigenvalue weighted by Gasteiger charge is -2.03. The monoisotopic (exact) mass is 182 g/mol. The molecule has 3 N–H and O–H groups in total. The summed E-state index contributed by atoms with van der Waals surface area (Å²) in [5, 5.41) is 3.10. The van der Waals surface area contributed by atoms with Gasteiger partial charge in [0.15, 0.2) is 0 Å². The number of hydrogen-bond donors (Lipinski definition) is 2. The maximum absolute atomic E-state index is 10.4. The first kappa shape index (κ1) is 9.73. The van der Waals surface area contributed by atoms with Crippen LogP contribution in [-0.2, 0) is 18.4 Å². The van der Waals surface area contributed by atoms with E-state index in [9.17, 15) is 4.79 Å². The quantitative estimate of drug-likeness (QED) is 0.596. The molecule has 0 radical (unpaired) electrons. The summed E-state index contributed by atoms with van der Waals surface area (Å²) in [6.07, 6.45) is 3.90. The number of aryl methyl sites for hydroxylation is 1. The molecule has 1 aromatic heterocycles. The van der Waals surface area contributed by atoms with Crippen LogP contribution in [0.25, 0.3) is 0 Å². The Morgan fingerprint density at radius 2 is 2.54 bits per heavy atom. The molecule has 1 aromatic rings. The number of nitrogens with zero attached hydrogens (tertiary/aromatic N) is 2. The minimum absolute atomic E-state index is 0.280. The summed E-state index contributed by atoms with van der Waals surface area (Å²) in [4.78, 5) is 14.4. The molecule has 5 heteroatoms. The average Bonchev–Trinajstić information content (AvgIpc) is 2.45. The molecular formula is C8H14N4O. The van der Waals surface area contributed by atoms with Crippen molar-refractivity contribution >= 4 is 5.91 Å². The molecule has 0 unspecified atom stereocenters. The molecule has 0 aliphatic carbocycles. The summed E-state index contributed by atoms with van der Waals surface area (Å²) in [6, 6.07) is 0. The van der Waals surface area contributed by atoms with Gasteiger partial charge in [-0.1, -0.05) is 0 Å². The van der Waals surface area contributed by atoms with Crippen LogP contribution in [0, 0.1) is 0 Å². The number of rotatable bonds is 5. The highest BCUT2D eigenvalue weighted by Gasteiger charge is 1.97. The molecule has 0 saturated carbocycles. The molecule has 0 aromatic carbocycles. The van der Waals surface area contributed by atoms with Gasteiger partial charge in [-0.3, -0.25) is 4.79 Å². The van der Waals surface area contributed by atoms with Crippen LogP contribution in [0.5, 0.6) is 0 Å². The second kappa shape index (κ2) is 4.61. The molecule has 0 aliphatic heterocycles. The zero-order chi connectivity index (χ0) is 9.68. The van der Waals surface area contributed by atoms with Crippen molar-refractivity contribution in [1.29, 1.82) is 0 Å². The minimum atomic E-state index is -0.280. The van der Waals surface area contributed by atoms with E-state index in [1.807, 2.05) is 11.6 Å². The van der Waals surface area contributed by atoms with E-state index in [0.717, 1.165) is 5.69 Å². The van der Waals surface area contributed by atoms with Gasteiger partial charge >= 0.3 is 0 Å². The molecule has 0 fully saturated rings. The molecule has 0 aliphatic rings. The Morgan fingerprint density at radius 3 is 3.08 bits per heavy atom. The van der Waals surface area contributed by atoms with E-state index in [2.05, 4.69) is 10.3 Å². The van der Waals surface area contributed by atoms with E-state index >= 15 is 0 Å². The fraction of sp³-hybridized carbons (Fsp3) is 0.500. The molecule has 1 rings (SSSR count). The van der Waals surface area contributed by atoms with E-state index in [0.29, 0.717) is 19.5 Å². The topological polar surface area (TPSA) is 72.9 Å². The summed E-state index contributed by atoms with van der Waals surface area (Å²) in [5.74, 6) is -0.280. The number of primary amides is 1. The van der Waals surface area contributed by atoms with Gasteiger partial charge in [-0.2, -0.15) is 0 Å². The Balaban J connectivity index is 2.20. The fourth-order valence-electron chi connectivity index (χ4n) is 0.983. The van der Waals surface area contributed by atoms with Gasteiger partial charge in [0.05, 0.1) is 12.0 Å². The molecule has 0 saturated heterocycles. The van der Waals surface area contributed by atoms with Gasteiger partial charge in [0, 0.05) is 32.8 Å². The second-order valence-corrected chi connectivity index (χ2v) is 2.89. The van der Waals surface area contributed by atoms with Gasteiger partial charge in [-0.05, 0) is 0 Å². The van der Waals surface area contributed by atoms with E-state index in [-0.39, 0.29) is 5.91 Å². The van der Waals surface area contributed by atoms with E-state index in [1.54, 1.807) is 12.5 Å². The fourth-order valence-corrected chi connectivity index (χ4v) is 0.983. The van der Waals surface area contributed by atoms with Gasteiger partial charge < -0.3 is 15.6 Å². The van der Waals surface area contributed by atoms with Gasteiger partial charge in [0.2, 0.25) is 5.91 Å². The lowest BCUT2D eigenvalue weighted by atomic mass is 10.4. The van der Waals surface area contributed by atoms with Crippen molar-refractivity contribution in [2.75, 3.05) is 6.54 Å². The van der Waals surface area contributed by atoms with E-state index in [1.165, 1.54) is 0 Å². The highest BCUT2D eigenvalue weighted by Crippen LogP contribution is 1.94. The summed E-state index contributed by atoms with van der Waals surface area (Å²) < 4.78 is 1.93. The Kier molecular flexibility index (Phi) is 3.45. The third-order valence-electron chi connectivity index (χ3n) is 1.77. The van der Waals surface area contributed by atoms with Crippen molar-refractivity contribution in [3.05, 3.63) is 18.2 Å². The molecule has 1 amide bonds. The molecule has 0 atom stereocenters. The number of carbonyl (C=O) groups excluding carboxylic acids is 1. The van der Waals surface area contributed by atoms with Crippen LogP contribution < -0.4 is 11.1 Å². The second-order valence-electron chi connectivity index (χ2n) is 2.89. The number of hydrogen-bond acceptors (Lipinski definition) is 3. The SMILES string of the molecule is Cn1cncc1CNCCC(N)=O. The Bertz CT molecular complexity index is 281.